The van der Waals surface area contributed by atoms with Gasteiger partial charge in [-0.1, -0.05) is 6.07 Å². The van der Waals surface area contributed by atoms with Crippen LogP contribution in [0.3, 0.4) is 0 Å². The Morgan fingerprint density at radius 2 is 1.27 bits per heavy atom. The summed E-state index contributed by atoms with van der Waals surface area (Å²) in [5, 5.41) is 0. The fourth-order valence-corrected chi connectivity index (χ4v) is 2.83. The van der Waals surface area contributed by atoms with Gasteiger partial charge in [-0.3, -0.25) is 9.59 Å². The third-order valence-corrected chi connectivity index (χ3v) is 4.28. The number of nitrogens with two attached hydrogens (primary N) is 4. The number of hydrogen-bond acceptors (Lipinski definition) is 6. The van der Waals surface area contributed by atoms with Gasteiger partial charge in [0.05, 0.1) is 28.1 Å². The smallest absolute Gasteiger partial charge is 0.198 e. The molecule has 2 aromatic carbocycles. The van der Waals surface area contributed by atoms with Crippen LogP contribution in [0, 0.1) is 13.8 Å². The molecule has 0 amide bonds. The van der Waals surface area contributed by atoms with Crippen molar-refractivity contribution < 1.29 is 9.59 Å². The third-order valence-electron chi connectivity index (χ3n) is 4.28. The molecule has 0 bridgehead atoms. The number of anilines is 4. The Bertz CT molecular complexity index is 885. The van der Waals surface area contributed by atoms with Crippen molar-refractivity contribution in [2.45, 2.75) is 13.8 Å². The van der Waals surface area contributed by atoms with E-state index in [0.29, 0.717) is 5.56 Å². The van der Waals surface area contributed by atoms with E-state index in [4.69, 9.17) is 22.9 Å². The molecule has 2 aromatic rings. The number of carbonyl (C=O) groups is 2. The van der Waals surface area contributed by atoms with Gasteiger partial charge in [0.2, 0.25) is 0 Å². The van der Waals surface area contributed by atoms with E-state index in [-0.39, 0.29) is 50.8 Å². The van der Waals surface area contributed by atoms with Gasteiger partial charge in [0.25, 0.3) is 0 Å². The summed E-state index contributed by atoms with van der Waals surface area (Å²) in [7, 11) is 0. The number of hydrogen-bond donors (Lipinski definition) is 4. The molecule has 112 valence electrons. The van der Waals surface area contributed by atoms with Crippen LogP contribution in [0.25, 0.3) is 0 Å². The summed E-state index contributed by atoms with van der Waals surface area (Å²) < 4.78 is 0. The molecule has 6 heteroatoms. The van der Waals surface area contributed by atoms with E-state index < -0.39 is 5.78 Å². The summed E-state index contributed by atoms with van der Waals surface area (Å²) in [5.41, 5.74) is 26.4. The van der Waals surface area contributed by atoms with Crippen molar-refractivity contribution in [2.24, 2.45) is 0 Å². The zero-order valence-electron chi connectivity index (χ0n) is 12.3. The van der Waals surface area contributed by atoms with E-state index in [1.165, 1.54) is 0 Å². The van der Waals surface area contributed by atoms with E-state index >= 15 is 0 Å². The molecule has 22 heavy (non-hydrogen) atoms. The molecular formula is C16H16N4O2. The Hall–Kier alpha value is -3.02. The normalized spacial score (nSPS) is 13.0. The maximum absolute atomic E-state index is 12.8. The van der Waals surface area contributed by atoms with Crippen molar-refractivity contribution in [1.82, 2.24) is 0 Å². The molecule has 1 aliphatic rings. The van der Waals surface area contributed by atoms with Crippen molar-refractivity contribution in [3.05, 3.63) is 45.5 Å². The van der Waals surface area contributed by atoms with Crippen LogP contribution in [0.4, 0.5) is 22.7 Å². The van der Waals surface area contributed by atoms with Crippen molar-refractivity contribution in [2.75, 3.05) is 22.9 Å². The molecule has 0 unspecified atom stereocenters. The van der Waals surface area contributed by atoms with Crippen molar-refractivity contribution in [3.8, 4) is 0 Å². The topological polar surface area (TPSA) is 138 Å². The third kappa shape index (κ3) is 1.49. The second kappa shape index (κ2) is 4.24. The predicted octanol–water partition coefficient (Wildman–Crippen LogP) is 1.41. The highest BCUT2D eigenvalue weighted by molar-refractivity contribution is 6.34. The Morgan fingerprint density at radius 1 is 0.682 bits per heavy atom. The summed E-state index contributed by atoms with van der Waals surface area (Å²) in [5.74, 6) is -0.773. The van der Waals surface area contributed by atoms with Gasteiger partial charge in [0.1, 0.15) is 0 Å². The maximum atomic E-state index is 12.8. The van der Waals surface area contributed by atoms with Gasteiger partial charge < -0.3 is 22.9 Å². The molecule has 0 fully saturated rings. The summed E-state index contributed by atoms with van der Waals surface area (Å²) in [4.78, 5) is 25.6. The number of aryl methyl sites for hydroxylation is 1. The number of rotatable bonds is 0. The highest BCUT2D eigenvalue weighted by Crippen LogP contribution is 2.41. The zero-order valence-corrected chi connectivity index (χ0v) is 12.3. The van der Waals surface area contributed by atoms with Crippen LogP contribution in [-0.4, -0.2) is 11.6 Å². The Morgan fingerprint density at radius 3 is 1.91 bits per heavy atom. The first-order valence-corrected chi connectivity index (χ1v) is 6.72. The van der Waals surface area contributed by atoms with Gasteiger partial charge >= 0.3 is 0 Å². The van der Waals surface area contributed by atoms with Gasteiger partial charge in [-0.25, -0.2) is 0 Å². The van der Waals surface area contributed by atoms with Crippen LogP contribution < -0.4 is 22.9 Å². The molecule has 0 heterocycles. The van der Waals surface area contributed by atoms with Crippen molar-refractivity contribution in [3.63, 3.8) is 0 Å². The van der Waals surface area contributed by atoms with Crippen molar-refractivity contribution >= 4 is 34.3 Å². The second-order valence-electron chi connectivity index (χ2n) is 5.49. The fraction of sp³-hybridized carbons (Fsp3) is 0.125. The first-order valence-electron chi connectivity index (χ1n) is 6.72. The molecular weight excluding hydrogens is 280 g/mol. The van der Waals surface area contributed by atoms with E-state index in [2.05, 4.69) is 0 Å². The molecule has 3 rings (SSSR count). The fourth-order valence-electron chi connectivity index (χ4n) is 2.83. The summed E-state index contributed by atoms with van der Waals surface area (Å²) in [6.07, 6.45) is 0. The average molecular weight is 296 g/mol. The summed E-state index contributed by atoms with van der Waals surface area (Å²) in [6.45, 7) is 3.43. The molecule has 0 saturated carbocycles. The quantitative estimate of drug-likeness (QED) is 0.463. The lowest BCUT2D eigenvalue weighted by atomic mass is 9.79. The van der Waals surface area contributed by atoms with Crippen LogP contribution >= 0.6 is 0 Å². The van der Waals surface area contributed by atoms with Crippen LogP contribution in [0.5, 0.6) is 0 Å². The van der Waals surface area contributed by atoms with Crippen LogP contribution in [0.2, 0.25) is 0 Å². The van der Waals surface area contributed by atoms with Crippen LogP contribution in [0.15, 0.2) is 12.1 Å². The maximum Gasteiger partial charge on any atom is 0.198 e. The van der Waals surface area contributed by atoms with E-state index in [1.54, 1.807) is 26.0 Å². The Kier molecular flexibility index (Phi) is 2.68. The molecule has 0 aliphatic heterocycles. The minimum Gasteiger partial charge on any atom is -0.398 e. The lowest BCUT2D eigenvalue weighted by molar-refractivity contribution is 0.0981. The molecule has 0 atom stereocenters. The molecule has 1 aliphatic carbocycles. The number of fused-ring (bicyclic) bond motifs is 2. The second-order valence-corrected chi connectivity index (χ2v) is 5.49. The average Bonchev–Trinajstić information content (AvgIpc) is 2.49. The van der Waals surface area contributed by atoms with Gasteiger partial charge in [-0.2, -0.15) is 0 Å². The van der Waals surface area contributed by atoms with E-state index in [1.807, 2.05) is 0 Å². The first-order chi connectivity index (χ1) is 10.3. The molecule has 0 radical (unpaired) electrons. The van der Waals surface area contributed by atoms with E-state index in [0.717, 1.165) is 5.56 Å². The van der Waals surface area contributed by atoms with Crippen molar-refractivity contribution in [1.29, 1.82) is 0 Å². The Balaban J connectivity index is 2.47. The van der Waals surface area contributed by atoms with Gasteiger partial charge in [0.15, 0.2) is 11.6 Å². The summed E-state index contributed by atoms with van der Waals surface area (Å²) >= 11 is 0. The Labute approximate surface area is 127 Å². The minimum atomic E-state index is -0.415. The SMILES string of the molecule is Cc1ccc2c(c1N)C(=O)c1c(N)c(N)c(C)c(N)c1C2=O. The number of nitrogen functional groups attached to an aromatic ring is 4. The van der Waals surface area contributed by atoms with E-state index in [9.17, 15) is 9.59 Å². The molecule has 0 spiro atoms. The van der Waals surface area contributed by atoms with Crippen LogP contribution in [0.1, 0.15) is 43.0 Å². The highest BCUT2D eigenvalue weighted by atomic mass is 16.1. The van der Waals surface area contributed by atoms with Gasteiger partial charge in [-0.05, 0) is 31.0 Å². The number of ketones is 2. The highest BCUT2D eigenvalue weighted by Gasteiger charge is 2.36. The van der Waals surface area contributed by atoms with Gasteiger partial charge in [0, 0.05) is 16.9 Å². The molecule has 8 N–H and O–H groups in total. The largest absolute Gasteiger partial charge is 0.398 e. The predicted molar refractivity (Wildman–Crippen MR) is 86.9 cm³/mol. The lowest BCUT2D eigenvalue weighted by Gasteiger charge is -2.24. The molecule has 0 saturated heterocycles. The first kappa shape index (κ1) is 13.9. The van der Waals surface area contributed by atoms with Crippen LogP contribution in [-0.2, 0) is 0 Å². The summed E-state index contributed by atoms with van der Waals surface area (Å²) in [6, 6.07) is 3.29. The standard InChI is InChI=1S/C16H16N4O2/c1-5-3-4-7-8(11(5)17)16(22)10-9(15(7)21)12(18)6(2)13(19)14(10)20/h3-4H,17-20H2,1-2H3. The number of carbonyl (C=O) groups excluding carboxylic acids is 2. The molecule has 0 aromatic heterocycles. The zero-order chi connectivity index (χ0) is 16.3. The number of benzene rings is 2. The molecule has 6 nitrogen and oxygen atoms in total. The monoisotopic (exact) mass is 296 g/mol. The lowest BCUT2D eigenvalue weighted by Crippen LogP contribution is -2.26. The minimum absolute atomic E-state index is 0.0513. The van der Waals surface area contributed by atoms with Gasteiger partial charge in [-0.15, -0.1) is 0 Å².